The highest BCUT2D eigenvalue weighted by Crippen LogP contribution is 1.92. The Morgan fingerprint density at radius 1 is 1.44 bits per heavy atom. The Morgan fingerprint density at radius 3 is 2.38 bits per heavy atom. The van der Waals surface area contributed by atoms with Crippen LogP contribution in [0.3, 0.4) is 0 Å². The molecule has 0 amide bonds. The second-order valence-electron chi connectivity index (χ2n) is 3.26. The van der Waals surface area contributed by atoms with Crippen molar-refractivity contribution in [1.29, 1.82) is 0 Å². The molecule has 1 heterocycles. The summed E-state index contributed by atoms with van der Waals surface area (Å²) in [4.78, 5) is 0. The number of unbranched alkanes of at least 4 members (excludes halogenated alkanes) is 1. The highest BCUT2D eigenvalue weighted by Gasteiger charge is 1.98. The van der Waals surface area contributed by atoms with Gasteiger partial charge < -0.3 is 4.55 Å². The van der Waals surface area contributed by atoms with Crippen molar-refractivity contribution in [1.82, 2.24) is 4.57 Å². The molecule has 0 radical (unpaired) electrons. The van der Waals surface area contributed by atoms with Crippen LogP contribution in [0.15, 0.2) is 18.7 Å². The SMILES string of the molecule is CCCCn1cc[n+](CC)c1.O=S(=O)([O-])O. The van der Waals surface area contributed by atoms with Gasteiger partial charge in [0.2, 0.25) is 16.7 Å². The van der Waals surface area contributed by atoms with Gasteiger partial charge in [-0.15, -0.1) is 0 Å². The van der Waals surface area contributed by atoms with E-state index in [1.165, 1.54) is 12.8 Å². The average Bonchev–Trinajstić information content (AvgIpc) is 2.59. The van der Waals surface area contributed by atoms with Crippen molar-refractivity contribution >= 4 is 10.4 Å². The van der Waals surface area contributed by atoms with Crippen LogP contribution in [0.2, 0.25) is 0 Å². The van der Waals surface area contributed by atoms with Gasteiger partial charge >= 0.3 is 0 Å². The van der Waals surface area contributed by atoms with Crippen molar-refractivity contribution in [3.8, 4) is 0 Å². The molecule has 0 saturated heterocycles. The van der Waals surface area contributed by atoms with E-state index in [1.54, 1.807) is 0 Å². The van der Waals surface area contributed by atoms with Crippen LogP contribution in [0.25, 0.3) is 0 Å². The minimum Gasteiger partial charge on any atom is -0.726 e. The van der Waals surface area contributed by atoms with E-state index in [-0.39, 0.29) is 0 Å². The van der Waals surface area contributed by atoms with Gasteiger partial charge in [0.05, 0.1) is 13.1 Å². The molecule has 7 heteroatoms. The third-order valence-electron chi connectivity index (χ3n) is 1.88. The molecule has 0 fully saturated rings. The molecule has 94 valence electrons. The zero-order valence-electron chi connectivity index (χ0n) is 9.54. The molecular weight excluding hydrogens is 232 g/mol. The van der Waals surface area contributed by atoms with E-state index in [1.807, 2.05) is 0 Å². The van der Waals surface area contributed by atoms with Gasteiger partial charge in [-0.1, -0.05) is 13.3 Å². The van der Waals surface area contributed by atoms with Crippen LogP contribution in [0.5, 0.6) is 0 Å². The summed E-state index contributed by atoms with van der Waals surface area (Å²) in [7, 11) is -4.92. The van der Waals surface area contributed by atoms with E-state index in [9.17, 15) is 0 Å². The second kappa shape index (κ2) is 7.37. The van der Waals surface area contributed by atoms with E-state index < -0.39 is 10.4 Å². The van der Waals surface area contributed by atoms with E-state index >= 15 is 0 Å². The molecule has 1 N–H and O–H groups in total. The lowest BCUT2D eigenvalue weighted by atomic mass is 10.3. The largest absolute Gasteiger partial charge is 0.726 e. The summed E-state index contributed by atoms with van der Waals surface area (Å²) >= 11 is 0. The Balaban J connectivity index is 0.000000385. The molecule has 0 aromatic carbocycles. The lowest BCUT2D eigenvalue weighted by Crippen LogP contribution is -2.28. The van der Waals surface area contributed by atoms with Gasteiger partial charge in [-0.2, -0.15) is 0 Å². The van der Waals surface area contributed by atoms with Crippen LogP contribution in [0, 0.1) is 0 Å². The van der Waals surface area contributed by atoms with Gasteiger partial charge in [-0.05, 0) is 13.3 Å². The Kier molecular flexibility index (Phi) is 6.95. The number of rotatable bonds is 4. The van der Waals surface area contributed by atoms with Crippen molar-refractivity contribution in [3.05, 3.63) is 18.7 Å². The molecule has 1 aromatic rings. The second-order valence-corrected chi connectivity index (χ2v) is 4.12. The van der Waals surface area contributed by atoms with Gasteiger partial charge in [-0.3, -0.25) is 4.55 Å². The monoisotopic (exact) mass is 250 g/mol. The standard InChI is InChI=1S/C9H17N2.H2O4S/c1-3-5-6-11-8-7-10(4-2)9-11;1-5(2,3)4/h7-9H,3-6H2,1-2H3;(H2,1,2,3,4)/q+1;/p-1. The summed E-state index contributed by atoms with van der Waals surface area (Å²) < 4.78 is 37.3. The van der Waals surface area contributed by atoms with Gasteiger partial charge in [0.1, 0.15) is 12.4 Å². The van der Waals surface area contributed by atoms with Crippen molar-refractivity contribution in [2.24, 2.45) is 0 Å². The molecular formula is C9H18N2O4S. The first-order valence-electron chi connectivity index (χ1n) is 5.10. The average molecular weight is 250 g/mol. The van der Waals surface area contributed by atoms with Gasteiger partial charge in [0, 0.05) is 0 Å². The molecule has 16 heavy (non-hydrogen) atoms. The summed E-state index contributed by atoms with van der Waals surface area (Å²) in [5.41, 5.74) is 0. The molecule has 0 aliphatic carbocycles. The molecule has 0 atom stereocenters. The Morgan fingerprint density at radius 2 is 2.00 bits per heavy atom. The highest BCUT2D eigenvalue weighted by molar-refractivity contribution is 7.79. The first-order valence-corrected chi connectivity index (χ1v) is 6.46. The molecule has 0 aliphatic rings. The van der Waals surface area contributed by atoms with Gasteiger partial charge in [0.25, 0.3) is 0 Å². The normalized spacial score (nSPS) is 10.8. The van der Waals surface area contributed by atoms with Crippen LogP contribution in [0.1, 0.15) is 26.7 Å². The maximum Gasteiger partial charge on any atom is 0.243 e. The van der Waals surface area contributed by atoms with E-state index in [0.717, 1.165) is 13.1 Å². The number of imidazole rings is 1. The van der Waals surface area contributed by atoms with Crippen LogP contribution in [-0.2, 0) is 23.5 Å². The molecule has 0 aliphatic heterocycles. The van der Waals surface area contributed by atoms with Crippen LogP contribution < -0.4 is 4.57 Å². The fourth-order valence-electron chi connectivity index (χ4n) is 1.10. The summed E-state index contributed by atoms with van der Waals surface area (Å²) in [5.74, 6) is 0. The lowest BCUT2D eigenvalue weighted by molar-refractivity contribution is -0.693. The minimum atomic E-state index is -4.92. The Labute approximate surface area is 96.1 Å². The number of aromatic nitrogens is 2. The van der Waals surface area contributed by atoms with Crippen LogP contribution >= 0.6 is 0 Å². The van der Waals surface area contributed by atoms with E-state index in [2.05, 4.69) is 41.7 Å². The summed E-state index contributed by atoms with van der Waals surface area (Å²) in [6, 6.07) is 0. The maximum atomic E-state index is 8.63. The van der Waals surface area contributed by atoms with Crippen LogP contribution in [0.4, 0.5) is 0 Å². The van der Waals surface area contributed by atoms with Crippen LogP contribution in [-0.4, -0.2) is 22.1 Å². The van der Waals surface area contributed by atoms with Crippen molar-refractivity contribution < 1.29 is 22.1 Å². The zero-order chi connectivity index (χ0) is 12.6. The van der Waals surface area contributed by atoms with E-state index in [0.29, 0.717) is 0 Å². The fourth-order valence-corrected chi connectivity index (χ4v) is 1.10. The van der Waals surface area contributed by atoms with Crippen molar-refractivity contribution in [2.45, 2.75) is 39.8 Å². The molecule has 1 aromatic heterocycles. The first kappa shape index (κ1) is 15.1. The number of nitrogens with zero attached hydrogens (tertiary/aromatic N) is 2. The number of hydrogen-bond donors (Lipinski definition) is 1. The number of aryl methyl sites for hydroxylation is 2. The maximum absolute atomic E-state index is 8.63. The first-order chi connectivity index (χ1) is 7.36. The predicted molar refractivity (Wildman–Crippen MR) is 57.5 cm³/mol. The number of hydrogen-bond acceptors (Lipinski definition) is 3. The molecule has 0 unspecified atom stereocenters. The zero-order valence-corrected chi connectivity index (χ0v) is 10.4. The van der Waals surface area contributed by atoms with E-state index in [4.69, 9.17) is 17.5 Å². The lowest BCUT2D eigenvalue weighted by Gasteiger charge is -1.91. The molecule has 1 rings (SSSR count). The molecule has 6 nitrogen and oxygen atoms in total. The Hall–Kier alpha value is -0.920. The highest BCUT2D eigenvalue weighted by atomic mass is 32.3. The fraction of sp³-hybridized carbons (Fsp3) is 0.667. The smallest absolute Gasteiger partial charge is 0.243 e. The Bertz CT molecular complexity index is 378. The summed E-state index contributed by atoms with van der Waals surface area (Å²) in [6.45, 7) is 6.60. The van der Waals surface area contributed by atoms with Gasteiger partial charge in [0.15, 0.2) is 0 Å². The topological polar surface area (TPSA) is 86.2 Å². The summed E-state index contributed by atoms with van der Waals surface area (Å²) in [5, 5.41) is 0. The summed E-state index contributed by atoms with van der Waals surface area (Å²) in [6.07, 6.45) is 8.97. The van der Waals surface area contributed by atoms with Gasteiger partial charge in [-0.25, -0.2) is 17.6 Å². The minimum absolute atomic E-state index is 1.07. The van der Waals surface area contributed by atoms with Crippen molar-refractivity contribution in [3.63, 3.8) is 0 Å². The molecule has 0 bridgehead atoms. The quantitative estimate of drug-likeness (QED) is 0.481. The van der Waals surface area contributed by atoms with Crippen molar-refractivity contribution in [2.75, 3.05) is 0 Å². The third-order valence-corrected chi connectivity index (χ3v) is 1.88. The molecule has 0 spiro atoms. The predicted octanol–water partition coefficient (Wildman–Crippen LogP) is 0.600. The molecule has 0 saturated carbocycles. The third kappa shape index (κ3) is 9.63.